The minimum Gasteiger partial charge on any atom is -0.370 e. The Morgan fingerprint density at radius 2 is 2.05 bits per heavy atom. The van der Waals surface area contributed by atoms with Gasteiger partial charge in [-0.2, -0.15) is 0 Å². The lowest BCUT2D eigenvalue weighted by Gasteiger charge is -2.17. The van der Waals surface area contributed by atoms with Crippen LogP contribution in [-0.2, 0) is 0 Å². The van der Waals surface area contributed by atoms with Gasteiger partial charge in [0.15, 0.2) is 0 Å². The molecule has 0 spiro atoms. The molecule has 0 fully saturated rings. The fourth-order valence-electron chi connectivity index (χ4n) is 2.15. The van der Waals surface area contributed by atoms with Gasteiger partial charge in [0.2, 0.25) is 0 Å². The minimum absolute atomic E-state index is 0.193. The van der Waals surface area contributed by atoms with Gasteiger partial charge < -0.3 is 5.32 Å². The molecule has 0 aliphatic heterocycles. The summed E-state index contributed by atoms with van der Waals surface area (Å²) in [6.45, 7) is 6.88. The SMILES string of the molecule is CCNc1ncnc(-c2cccc(Br)c2F)c1C(C)C. The van der Waals surface area contributed by atoms with Crippen LogP contribution in [-0.4, -0.2) is 16.5 Å². The van der Waals surface area contributed by atoms with Crippen molar-refractivity contribution in [2.24, 2.45) is 0 Å². The van der Waals surface area contributed by atoms with Crippen LogP contribution in [0.25, 0.3) is 11.3 Å². The molecule has 0 radical (unpaired) electrons. The maximum atomic E-state index is 14.3. The van der Waals surface area contributed by atoms with Crippen molar-refractivity contribution in [2.75, 3.05) is 11.9 Å². The third-order valence-corrected chi connectivity index (χ3v) is 3.62. The molecule has 0 amide bonds. The Morgan fingerprint density at radius 1 is 1.30 bits per heavy atom. The van der Waals surface area contributed by atoms with Gasteiger partial charge in [-0.15, -0.1) is 0 Å². The molecule has 0 bridgehead atoms. The highest BCUT2D eigenvalue weighted by atomic mass is 79.9. The third kappa shape index (κ3) is 2.82. The molecule has 0 atom stereocenters. The molecular formula is C15H17BrFN3. The molecule has 0 unspecified atom stereocenters. The van der Waals surface area contributed by atoms with Crippen LogP contribution in [0.1, 0.15) is 32.3 Å². The standard InChI is InChI=1S/C15H17BrFN3/c1-4-18-15-12(9(2)3)14(19-8-20-15)10-6-5-7-11(16)13(10)17/h5-9H,4H2,1-3H3,(H,18,19,20). The first kappa shape index (κ1) is 14.9. The summed E-state index contributed by atoms with van der Waals surface area (Å²) in [6, 6.07) is 5.23. The van der Waals surface area contributed by atoms with Gasteiger partial charge in [0.05, 0.1) is 10.2 Å². The number of halogens is 2. The molecule has 2 rings (SSSR count). The summed E-state index contributed by atoms with van der Waals surface area (Å²) in [5.74, 6) is 0.668. The highest BCUT2D eigenvalue weighted by molar-refractivity contribution is 9.10. The normalized spacial score (nSPS) is 10.9. The van der Waals surface area contributed by atoms with Crippen molar-refractivity contribution < 1.29 is 4.39 Å². The predicted molar refractivity (Wildman–Crippen MR) is 83.4 cm³/mol. The Labute approximate surface area is 126 Å². The fraction of sp³-hybridized carbons (Fsp3) is 0.333. The second-order valence-corrected chi connectivity index (χ2v) is 5.63. The largest absolute Gasteiger partial charge is 0.370 e. The molecule has 1 aromatic carbocycles. The maximum Gasteiger partial charge on any atom is 0.146 e. The van der Waals surface area contributed by atoms with Crippen LogP contribution >= 0.6 is 15.9 Å². The Kier molecular flexibility index (Phi) is 4.70. The average molecular weight is 338 g/mol. The molecule has 3 nitrogen and oxygen atoms in total. The van der Waals surface area contributed by atoms with Gasteiger partial charge in [0.1, 0.15) is 18.0 Å². The number of nitrogens with one attached hydrogen (secondary N) is 1. The van der Waals surface area contributed by atoms with E-state index in [1.807, 2.05) is 13.0 Å². The van der Waals surface area contributed by atoms with Crippen LogP contribution in [0.15, 0.2) is 29.0 Å². The van der Waals surface area contributed by atoms with E-state index in [0.717, 1.165) is 17.9 Å². The van der Waals surface area contributed by atoms with Crippen LogP contribution in [0.4, 0.5) is 10.2 Å². The number of anilines is 1. The van der Waals surface area contributed by atoms with Gasteiger partial charge in [0, 0.05) is 17.7 Å². The fourth-order valence-corrected chi connectivity index (χ4v) is 2.52. The third-order valence-electron chi connectivity index (χ3n) is 3.01. The molecule has 1 N–H and O–H groups in total. The zero-order valence-corrected chi connectivity index (χ0v) is 13.3. The van der Waals surface area contributed by atoms with Crippen LogP contribution < -0.4 is 5.32 Å². The van der Waals surface area contributed by atoms with Crippen LogP contribution in [0.5, 0.6) is 0 Å². The van der Waals surface area contributed by atoms with Gasteiger partial charge in [-0.3, -0.25) is 0 Å². The summed E-state index contributed by atoms with van der Waals surface area (Å²) in [5.41, 5.74) is 2.07. The molecule has 106 valence electrons. The smallest absolute Gasteiger partial charge is 0.146 e. The lowest BCUT2D eigenvalue weighted by atomic mass is 9.97. The van der Waals surface area contributed by atoms with Gasteiger partial charge >= 0.3 is 0 Å². The van der Waals surface area contributed by atoms with Crippen LogP contribution in [0.3, 0.4) is 0 Å². The van der Waals surface area contributed by atoms with Crippen molar-refractivity contribution in [2.45, 2.75) is 26.7 Å². The number of rotatable bonds is 4. The lowest BCUT2D eigenvalue weighted by molar-refractivity contribution is 0.623. The first-order valence-electron chi connectivity index (χ1n) is 6.59. The summed E-state index contributed by atoms with van der Waals surface area (Å²) in [4.78, 5) is 8.57. The van der Waals surface area contributed by atoms with Gasteiger partial charge in [0.25, 0.3) is 0 Å². The second kappa shape index (κ2) is 6.31. The molecule has 0 aliphatic carbocycles. The van der Waals surface area contributed by atoms with E-state index in [4.69, 9.17) is 0 Å². The van der Waals surface area contributed by atoms with E-state index in [0.29, 0.717) is 15.7 Å². The average Bonchev–Trinajstić information content (AvgIpc) is 2.42. The second-order valence-electron chi connectivity index (χ2n) is 4.77. The lowest BCUT2D eigenvalue weighted by Crippen LogP contribution is -2.08. The Hall–Kier alpha value is -1.49. The van der Waals surface area contributed by atoms with Crippen LogP contribution in [0, 0.1) is 5.82 Å². The highest BCUT2D eigenvalue weighted by Gasteiger charge is 2.19. The Balaban J connectivity index is 2.67. The zero-order valence-electron chi connectivity index (χ0n) is 11.7. The van der Waals surface area contributed by atoms with Crippen molar-refractivity contribution >= 4 is 21.7 Å². The number of aromatic nitrogens is 2. The van der Waals surface area contributed by atoms with E-state index in [1.165, 1.54) is 6.33 Å². The topological polar surface area (TPSA) is 37.8 Å². The Bertz CT molecular complexity index is 614. The van der Waals surface area contributed by atoms with E-state index < -0.39 is 0 Å². The molecule has 2 aromatic rings. The van der Waals surface area contributed by atoms with E-state index in [1.54, 1.807) is 12.1 Å². The predicted octanol–water partition coefficient (Wildman–Crippen LogP) is 4.60. The molecule has 20 heavy (non-hydrogen) atoms. The summed E-state index contributed by atoms with van der Waals surface area (Å²) in [5, 5.41) is 3.22. The van der Waals surface area contributed by atoms with Crippen LogP contribution in [0.2, 0.25) is 0 Å². The highest BCUT2D eigenvalue weighted by Crippen LogP contribution is 2.34. The molecular weight excluding hydrogens is 321 g/mol. The summed E-state index contributed by atoms with van der Waals surface area (Å²) >= 11 is 3.22. The molecule has 1 heterocycles. The quantitative estimate of drug-likeness (QED) is 0.885. The van der Waals surface area contributed by atoms with Crippen molar-refractivity contribution in [1.82, 2.24) is 9.97 Å². The summed E-state index contributed by atoms with van der Waals surface area (Å²) < 4.78 is 14.8. The first-order valence-corrected chi connectivity index (χ1v) is 7.38. The van der Waals surface area contributed by atoms with E-state index in [9.17, 15) is 4.39 Å². The van der Waals surface area contributed by atoms with Gasteiger partial charge in [-0.25, -0.2) is 14.4 Å². The monoisotopic (exact) mass is 337 g/mol. The minimum atomic E-state index is -0.296. The molecule has 0 aliphatic rings. The van der Waals surface area contributed by atoms with Gasteiger partial charge in [-0.1, -0.05) is 19.9 Å². The molecule has 5 heteroatoms. The zero-order chi connectivity index (χ0) is 14.7. The van der Waals surface area contributed by atoms with Gasteiger partial charge in [-0.05, 0) is 40.9 Å². The Morgan fingerprint density at radius 3 is 2.70 bits per heavy atom. The van der Waals surface area contributed by atoms with E-state index in [-0.39, 0.29) is 11.7 Å². The van der Waals surface area contributed by atoms with Crippen molar-refractivity contribution in [3.05, 3.63) is 40.4 Å². The van der Waals surface area contributed by atoms with Crippen molar-refractivity contribution in [3.63, 3.8) is 0 Å². The first-order chi connectivity index (χ1) is 9.56. The van der Waals surface area contributed by atoms with Crippen molar-refractivity contribution in [3.8, 4) is 11.3 Å². The number of hydrogen-bond acceptors (Lipinski definition) is 3. The number of benzene rings is 1. The number of nitrogens with zero attached hydrogens (tertiary/aromatic N) is 2. The van der Waals surface area contributed by atoms with Crippen molar-refractivity contribution in [1.29, 1.82) is 0 Å². The number of hydrogen-bond donors (Lipinski definition) is 1. The van der Waals surface area contributed by atoms with E-state index in [2.05, 4.69) is 45.1 Å². The summed E-state index contributed by atoms with van der Waals surface area (Å²) in [7, 11) is 0. The maximum absolute atomic E-state index is 14.3. The molecule has 0 saturated carbocycles. The molecule has 0 saturated heterocycles. The van der Waals surface area contributed by atoms with E-state index >= 15 is 0 Å². The molecule has 1 aromatic heterocycles. The summed E-state index contributed by atoms with van der Waals surface area (Å²) in [6.07, 6.45) is 1.47.